The minimum absolute atomic E-state index is 0. The number of nitrogens with one attached hydrogen (secondary N) is 1. The maximum atomic E-state index is 14.1. The Morgan fingerprint density at radius 1 is 0.759 bits per heavy atom. The van der Waals surface area contributed by atoms with Gasteiger partial charge < -0.3 is 5.32 Å². The van der Waals surface area contributed by atoms with Gasteiger partial charge in [-0.15, -0.1) is 24.8 Å². The van der Waals surface area contributed by atoms with Gasteiger partial charge in [0.1, 0.15) is 6.04 Å². The van der Waals surface area contributed by atoms with Crippen molar-refractivity contribution in [1.82, 2.24) is 10.2 Å². The molecule has 0 amide bonds. The minimum Gasteiger partial charge on any atom is -0.314 e. The molecule has 4 aromatic rings. The lowest BCUT2D eigenvalue weighted by molar-refractivity contribution is -0.187. The van der Waals surface area contributed by atoms with E-state index in [1.807, 2.05) is 48.5 Å². The molecule has 1 saturated heterocycles. The molecule has 1 aliphatic heterocycles. The Hall–Kier alpha value is -1.79. The van der Waals surface area contributed by atoms with E-state index in [-0.39, 0.29) is 24.8 Å². The molecule has 4 aromatic carbocycles. The molecule has 5 rings (SSSR count). The highest BCUT2D eigenvalue weighted by molar-refractivity contribution is 6.23. The van der Waals surface area contributed by atoms with Crippen molar-refractivity contribution in [3.05, 3.63) is 60.2 Å². The largest absolute Gasteiger partial charge is 0.408 e. The number of benzene rings is 4. The van der Waals surface area contributed by atoms with Gasteiger partial charge in [-0.2, -0.15) is 13.2 Å². The molecule has 1 N–H and O–H groups in total. The second kappa shape index (κ2) is 8.15. The maximum absolute atomic E-state index is 14.1. The molecule has 0 aromatic heterocycles. The Bertz CT molecular complexity index is 1110. The van der Waals surface area contributed by atoms with Gasteiger partial charge >= 0.3 is 6.18 Å². The third kappa shape index (κ3) is 3.61. The zero-order valence-electron chi connectivity index (χ0n) is 15.5. The van der Waals surface area contributed by atoms with E-state index in [4.69, 9.17) is 0 Å². The molecule has 0 saturated carbocycles. The number of hydrogen-bond acceptors (Lipinski definition) is 2. The summed E-state index contributed by atoms with van der Waals surface area (Å²) in [7, 11) is 0. The number of piperazine rings is 1. The maximum Gasteiger partial charge on any atom is 0.408 e. The minimum atomic E-state index is -4.32. The first kappa shape index (κ1) is 21.9. The Morgan fingerprint density at radius 2 is 1.31 bits per heavy atom. The van der Waals surface area contributed by atoms with Crippen LogP contribution in [0.1, 0.15) is 11.6 Å². The van der Waals surface area contributed by atoms with Crippen molar-refractivity contribution in [3.63, 3.8) is 0 Å². The van der Waals surface area contributed by atoms with Crippen LogP contribution in [0.15, 0.2) is 54.6 Å². The standard InChI is InChI=1S/C22H19F3N2.2ClH/c23-22(24,25)21(27-12-10-26-11-13-27)18-9-7-16-5-4-14-2-1-3-15-6-8-17(18)20(16)19(14)15;;/h1-9,21,26H,10-13H2;2*1H/t21-;;/m0../s1. The topological polar surface area (TPSA) is 15.3 Å². The van der Waals surface area contributed by atoms with Crippen LogP contribution in [0.5, 0.6) is 0 Å². The van der Waals surface area contributed by atoms with Crippen molar-refractivity contribution in [2.45, 2.75) is 12.2 Å². The number of alkyl halides is 3. The summed E-state index contributed by atoms with van der Waals surface area (Å²) in [6, 6.07) is 15.8. The number of rotatable bonds is 2. The van der Waals surface area contributed by atoms with Crippen molar-refractivity contribution < 1.29 is 13.2 Å². The zero-order valence-corrected chi connectivity index (χ0v) is 17.1. The molecule has 1 atom stereocenters. The predicted octanol–water partition coefficient (Wildman–Crippen LogP) is 5.94. The number of nitrogens with zero attached hydrogens (tertiary/aromatic N) is 1. The second-order valence-electron chi connectivity index (χ2n) is 7.24. The molecule has 2 nitrogen and oxygen atoms in total. The van der Waals surface area contributed by atoms with Crippen LogP contribution in [-0.4, -0.2) is 37.3 Å². The summed E-state index contributed by atoms with van der Waals surface area (Å²) in [5.74, 6) is 0. The van der Waals surface area contributed by atoms with Crippen LogP contribution in [0.4, 0.5) is 13.2 Å². The van der Waals surface area contributed by atoms with E-state index in [1.165, 1.54) is 0 Å². The van der Waals surface area contributed by atoms with Gasteiger partial charge in [0.05, 0.1) is 0 Å². The van der Waals surface area contributed by atoms with Crippen molar-refractivity contribution in [2.24, 2.45) is 0 Å². The molecular weight excluding hydrogens is 420 g/mol. The molecule has 0 bridgehead atoms. The highest BCUT2D eigenvalue weighted by atomic mass is 35.5. The molecule has 1 fully saturated rings. The van der Waals surface area contributed by atoms with Gasteiger partial charge in [0.15, 0.2) is 0 Å². The summed E-state index contributed by atoms with van der Waals surface area (Å²) in [5.41, 5.74) is 0.357. The molecule has 0 unspecified atom stereocenters. The van der Waals surface area contributed by atoms with E-state index in [1.54, 1.807) is 11.0 Å². The van der Waals surface area contributed by atoms with E-state index >= 15 is 0 Å². The van der Waals surface area contributed by atoms with Crippen LogP contribution >= 0.6 is 24.8 Å². The van der Waals surface area contributed by atoms with Crippen molar-refractivity contribution in [2.75, 3.05) is 26.2 Å². The van der Waals surface area contributed by atoms with Crippen LogP contribution in [-0.2, 0) is 0 Å². The van der Waals surface area contributed by atoms with Gasteiger partial charge in [0.2, 0.25) is 0 Å². The highest BCUT2D eigenvalue weighted by Crippen LogP contribution is 2.44. The van der Waals surface area contributed by atoms with Gasteiger partial charge in [-0.25, -0.2) is 0 Å². The summed E-state index contributed by atoms with van der Waals surface area (Å²) in [6.45, 7) is 1.95. The lowest BCUT2D eigenvalue weighted by Gasteiger charge is -2.36. The lowest BCUT2D eigenvalue weighted by Crippen LogP contribution is -2.49. The Morgan fingerprint density at radius 3 is 1.93 bits per heavy atom. The normalized spacial score (nSPS) is 16.7. The number of hydrogen-bond donors (Lipinski definition) is 1. The van der Waals surface area contributed by atoms with Crippen molar-refractivity contribution in [3.8, 4) is 0 Å². The predicted molar refractivity (Wildman–Crippen MR) is 118 cm³/mol. The lowest BCUT2D eigenvalue weighted by atomic mass is 9.89. The molecule has 154 valence electrons. The molecule has 0 spiro atoms. The van der Waals surface area contributed by atoms with E-state index in [0.717, 1.165) is 26.9 Å². The van der Waals surface area contributed by atoms with Gasteiger partial charge in [0.25, 0.3) is 0 Å². The molecule has 0 aliphatic carbocycles. The molecule has 0 radical (unpaired) electrons. The van der Waals surface area contributed by atoms with Crippen LogP contribution in [0.25, 0.3) is 32.3 Å². The Balaban J connectivity index is 0.00000120. The fraction of sp³-hybridized carbons (Fsp3) is 0.273. The summed E-state index contributed by atoms with van der Waals surface area (Å²) in [5, 5.41) is 8.95. The summed E-state index contributed by atoms with van der Waals surface area (Å²) in [4.78, 5) is 1.56. The summed E-state index contributed by atoms with van der Waals surface area (Å²) >= 11 is 0. The van der Waals surface area contributed by atoms with Crippen LogP contribution in [0.3, 0.4) is 0 Å². The van der Waals surface area contributed by atoms with Gasteiger partial charge in [-0.05, 0) is 37.9 Å². The highest BCUT2D eigenvalue weighted by Gasteiger charge is 2.45. The quantitative estimate of drug-likeness (QED) is 0.388. The third-order valence-corrected chi connectivity index (χ3v) is 5.68. The van der Waals surface area contributed by atoms with Crippen LogP contribution in [0.2, 0.25) is 0 Å². The number of halogens is 5. The van der Waals surface area contributed by atoms with E-state index in [0.29, 0.717) is 37.1 Å². The van der Waals surface area contributed by atoms with Gasteiger partial charge in [0, 0.05) is 26.2 Å². The average Bonchev–Trinajstić information content (AvgIpc) is 2.67. The SMILES string of the molecule is Cl.Cl.FC(F)(F)[C@H](c1ccc2ccc3cccc4ccc1c2c34)N1CCNCC1. The first-order valence-corrected chi connectivity index (χ1v) is 9.22. The molecule has 1 heterocycles. The smallest absolute Gasteiger partial charge is 0.314 e. The van der Waals surface area contributed by atoms with Crippen LogP contribution < -0.4 is 5.32 Å². The average molecular weight is 441 g/mol. The zero-order chi connectivity index (χ0) is 18.6. The summed E-state index contributed by atoms with van der Waals surface area (Å²) in [6.07, 6.45) is -4.32. The summed E-state index contributed by atoms with van der Waals surface area (Å²) < 4.78 is 42.4. The fourth-order valence-corrected chi connectivity index (χ4v) is 4.52. The van der Waals surface area contributed by atoms with E-state index < -0.39 is 12.2 Å². The van der Waals surface area contributed by atoms with Crippen LogP contribution in [0, 0.1) is 0 Å². The van der Waals surface area contributed by atoms with Gasteiger partial charge in [-0.3, -0.25) is 4.90 Å². The van der Waals surface area contributed by atoms with E-state index in [2.05, 4.69) is 5.32 Å². The van der Waals surface area contributed by atoms with E-state index in [9.17, 15) is 13.2 Å². The molecule has 7 heteroatoms. The molecule has 29 heavy (non-hydrogen) atoms. The Kier molecular flexibility index (Phi) is 6.16. The molecular formula is C22H21Cl2F3N2. The first-order chi connectivity index (χ1) is 13.0. The Labute approximate surface area is 179 Å². The fourth-order valence-electron chi connectivity index (χ4n) is 4.52. The van der Waals surface area contributed by atoms with Crippen molar-refractivity contribution >= 4 is 57.1 Å². The second-order valence-corrected chi connectivity index (χ2v) is 7.24. The molecule has 1 aliphatic rings. The third-order valence-electron chi connectivity index (χ3n) is 5.68. The first-order valence-electron chi connectivity index (χ1n) is 9.22. The monoisotopic (exact) mass is 440 g/mol. The van der Waals surface area contributed by atoms with Gasteiger partial charge in [-0.1, -0.05) is 54.6 Å². The van der Waals surface area contributed by atoms with Crippen molar-refractivity contribution in [1.29, 1.82) is 0 Å².